The number of aromatic nitrogens is 3. The van der Waals surface area contributed by atoms with Crippen LogP contribution in [0.25, 0.3) is 0 Å². The first-order chi connectivity index (χ1) is 10.0. The summed E-state index contributed by atoms with van der Waals surface area (Å²) in [5.41, 5.74) is 4.98. The van der Waals surface area contributed by atoms with Crippen molar-refractivity contribution in [2.24, 2.45) is 7.05 Å². The minimum Gasteiger partial charge on any atom is -0.314 e. The fraction of sp³-hybridized carbons (Fsp3) is 0.625. The molecule has 0 aromatic carbocycles. The molecule has 21 heavy (non-hydrogen) atoms. The van der Waals surface area contributed by atoms with Crippen LogP contribution in [0.3, 0.4) is 0 Å². The van der Waals surface area contributed by atoms with Crippen LogP contribution in [0.15, 0.2) is 5.38 Å². The van der Waals surface area contributed by atoms with Crippen LogP contribution in [0.1, 0.15) is 41.0 Å². The molecule has 0 saturated carbocycles. The van der Waals surface area contributed by atoms with Crippen LogP contribution in [-0.4, -0.2) is 27.4 Å². The Balaban J connectivity index is 1.99. The lowest BCUT2D eigenvalue weighted by molar-refractivity contribution is 0.489. The van der Waals surface area contributed by atoms with Gasteiger partial charge in [0.1, 0.15) is 0 Å². The largest absolute Gasteiger partial charge is 0.314 e. The fourth-order valence-corrected chi connectivity index (χ4v) is 3.62. The summed E-state index contributed by atoms with van der Waals surface area (Å²) >= 11 is 1.77. The lowest BCUT2D eigenvalue weighted by atomic mass is 10.0. The van der Waals surface area contributed by atoms with Gasteiger partial charge < -0.3 is 5.32 Å². The molecule has 1 N–H and O–H groups in total. The first-order valence-electron chi connectivity index (χ1n) is 7.64. The molecule has 0 amide bonds. The highest BCUT2D eigenvalue weighted by Gasteiger charge is 2.14. The highest BCUT2D eigenvalue weighted by atomic mass is 32.1. The van der Waals surface area contributed by atoms with Crippen molar-refractivity contribution in [2.75, 3.05) is 6.54 Å². The minimum atomic E-state index is 0.486. The number of thiazole rings is 1. The second-order valence-electron chi connectivity index (χ2n) is 5.65. The zero-order valence-electron chi connectivity index (χ0n) is 13.7. The van der Waals surface area contributed by atoms with Crippen molar-refractivity contribution in [2.45, 2.75) is 53.0 Å². The zero-order chi connectivity index (χ0) is 15.4. The Kier molecular flexibility index (Phi) is 5.53. The van der Waals surface area contributed by atoms with Crippen molar-refractivity contribution in [3.05, 3.63) is 33.0 Å². The minimum absolute atomic E-state index is 0.486. The van der Waals surface area contributed by atoms with Crippen molar-refractivity contribution in [3.63, 3.8) is 0 Å². The number of aryl methyl sites for hydroxylation is 3. The van der Waals surface area contributed by atoms with Gasteiger partial charge in [0.2, 0.25) is 0 Å². The number of likely N-dealkylation sites (N-methyl/N-ethyl adjacent to an activating group) is 1. The molecule has 0 fully saturated rings. The maximum Gasteiger partial charge on any atom is 0.0943 e. The summed E-state index contributed by atoms with van der Waals surface area (Å²) in [5.74, 6) is 0. The molecule has 2 aromatic rings. The standard InChI is InChI=1S/C16H26N4S/c1-6-17-14(9-16-18-11(2)10-21-16)7-8-15-12(3)19-20(5)13(15)4/h10,14,17H,6-9H2,1-5H3. The molecule has 4 nitrogen and oxygen atoms in total. The number of nitrogens with zero attached hydrogens (tertiary/aromatic N) is 3. The Morgan fingerprint density at radius 2 is 2.10 bits per heavy atom. The van der Waals surface area contributed by atoms with E-state index in [2.05, 4.69) is 48.5 Å². The third-order valence-electron chi connectivity index (χ3n) is 3.98. The Labute approximate surface area is 131 Å². The van der Waals surface area contributed by atoms with Gasteiger partial charge in [-0.15, -0.1) is 11.3 Å². The van der Waals surface area contributed by atoms with E-state index in [0.717, 1.165) is 37.2 Å². The zero-order valence-corrected chi connectivity index (χ0v) is 14.5. The Morgan fingerprint density at radius 1 is 1.33 bits per heavy atom. The number of hydrogen-bond acceptors (Lipinski definition) is 4. The van der Waals surface area contributed by atoms with Gasteiger partial charge in [0.05, 0.1) is 10.7 Å². The first-order valence-corrected chi connectivity index (χ1v) is 8.52. The van der Waals surface area contributed by atoms with Crippen molar-refractivity contribution < 1.29 is 0 Å². The summed E-state index contributed by atoms with van der Waals surface area (Å²) < 4.78 is 1.98. The molecule has 0 aliphatic rings. The van der Waals surface area contributed by atoms with Crippen LogP contribution in [0.2, 0.25) is 0 Å². The summed E-state index contributed by atoms with van der Waals surface area (Å²) in [6.07, 6.45) is 3.22. The number of nitrogens with one attached hydrogen (secondary N) is 1. The van der Waals surface area contributed by atoms with Gasteiger partial charge in [-0.1, -0.05) is 6.92 Å². The Morgan fingerprint density at radius 3 is 2.62 bits per heavy atom. The first kappa shape index (κ1) is 16.2. The van der Waals surface area contributed by atoms with Crippen molar-refractivity contribution in [1.29, 1.82) is 0 Å². The maximum absolute atomic E-state index is 4.59. The second-order valence-corrected chi connectivity index (χ2v) is 6.60. The summed E-state index contributed by atoms with van der Waals surface area (Å²) in [4.78, 5) is 4.59. The van der Waals surface area contributed by atoms with Crippen LogP contribution in [0.5, 0.6) is 0 Å². The molecular formula is C16H26N4S. The molecule has 5 heteroatoms. The quantitative estimate of drug-likeness (QED) is 0.855. The predicted octanol–water partition coefficient (Wildman–Crippen LogP) is 2.96. The smallest absolute Gasteiger partial charge is 0.0943 e. The molecule has 0 radical (unpaired) electrons. The van der Waals surface area contributed by atoms with Gasteiger partial charge in [0, 0.05) is 36.3 Å². The molecule has 0 aliphatic carbocycles. The SMILES string of the molecule is CCNC(CCc1c(C)nn(C)c1C)Cc1nc(C)cs1. The molecule has 0 saturated heterocycles. The molecule has 1 atom stereocenters. The predicted molar refractivity (Wildman–Crippen MR) is 89.0 cm³/mol. The van der Waals surface area contributed by atoms with E-state index in [9.17, 15) is 0 Å². The second kappa shape index (κ2) is 7.18. The van der Waals surface area contributed by atoms with Gasteiger partial charge >= 0.3 is 0 Å². The normalized spacial score (nSPS) is 12.8. The average molecular weight is 306 g/mol. The summed E-state index contributed by atoms with van der Waals surface area (Å²) in [6, 6.07) is 0.486. The van der Waals surface area contributed by atoms with E-state index < -0.39 is 0 Å². The molecule has 1 unspecified atom stereocenters. The lowest BCUT2D eigenvalue weighted by Gasteiger charge is -2.16. The average Bonchev–Trinajstić information content (AvgIpc) is 2.93. The molecular weight excluding hydrogens is 280 g/mol. The van der Waals surface area contributed by atoms with E-state index in [0.29, 0.717) is 6.04 Å². The summed E-state index contributed by atoms with van der Waals surface area (Å²) in [7, 11) is 2.02. The highest BCUT2D eigenvalue weighted by molar-refractivity contribution is 7.09. The highest BCUT2D eigenvalue weighted by Crippen LogP contribution is 2.17. The third-order valence-corrected chi connectivity index (χ3v) is 4.97. The molecule has 2 rings (SSSR count). The number of rotatable bonds is 7. The lowest BCUT2D eigenvalue weighted by Crippen LogP contribution is -2.31. The van der Waals surface area contributed by atoms with Crippen LogP contribution >= 0.6 is 11.3 Å². The van der Waals surface area contributed by atoms with E-state index in [1.807, 2.05) is 11.7 Å². The van der Waals surface area contributed by atoms with Gasteiger partial charge in [-0.3, -0.25) is 4.68 Å². The number of hydrogen-bond donors (Lipinski definition) is 1. The summed E-state index contributed by atoms with van der Waals surface area (Å²) in [6.45, 7) is 9.49. The van der Waals surface area contributed by atoms with Crippen LogP contribution < -0.4 is 5.32 Å². The molecule has 0 aliphatic heterocycles. The topological polar surface area (TPSA) is 42.7 Å². The van der Waals surface area contributed by atoms with Gasteiger partial charge in [-0.2, -0.15) is 5.10 Å². The van der Waals surface area contributed by atoms with E-state index in [-0.39, 0.29) is 0 Å². The fourth-order valence-electron chi connectivity index (χ4n) is 2.77. The van der Waals surface area contributed by atoms with E-state index in [1.165, 1.54) is 16.3 Å². The third kappa shape index (κ3) is 4.14. The van der Waals surface area contributed by atoms with Crippen LogP contribution in [0, 0.1) is 20.8 Å². The van der Waals surface area contributed by atoms with Gasteiger partial charge in [-0.05, 0) is 45.7 Å². The van der Waals surface area contributed by atoms with E-state index in [4.69, 9.17) is 0 Å². The van der Waals surface area contributed by atoms with Gasteiger partial charge in [0.15, 0.2) is 0 Å². The Bertz CT molecular complexity index is 585. The monoisotopic (exact) mass is 306 g/mol. The van der Waals surface area contributed by atoms with E-state index >= 15 is 0 Å². The molecule has 116 valence electrons. The molecule has 2 heterocycles. The van der Waals surface area contributed by atoms with Crippen LogP contribution in [0.4, 0.5) is 0 Å². The van der Waals surface area contributed by atoms with Gasteiger partial charge in [-0.25, -0.2) is 4.98 Å². The molecule has 0 spiro atoms. The van der Waals surface area contributed by atoms with Crippen LogP contribution in [-0.2, 0) is 19.9 Å². The van der Waals surface area contributed by atoms with Crippen molar-refractivity contribution in [3.8, 4) is 0 Å². The summed E-state index contributed by atoms with van der Waals surface area (Å²) in [5, 5.41) is 11.5. The molecule has 0 bridgehead atoms. The van der Waals surface area contributed by atoms with Crippen molar-refractivity contribution in [1.82, 2.24) is 20.1 Å². The van der Waals surface area contributed by atoms with Gasteiger partial charge in [0.25, 0.3) is 0 Å². The van der Waals surface area contributed by atoms with E-state index in [1.54, 1.807) is 11.3 Å². The van der Waals surface area contributed by atoms with Crippen molar-refractivity contribution >= 4 is 11.3 Å². The molecule has 2 aromatic heterocycles. The Hall–Kier alpha value is -1.20. The maximum atomic E-state index is 4.59.